The molecule has 3 heterocycles. The highest BCUT2D eigenvalue weighted by Gasteiger charge is 2.25. The molecule has 1 fully saturated rings. The Labute approximate surface area is 140 Å². The van der Waals surface area contributed by atoms with Gasteiger partial charge in [0, 0.05) is 11.4 Å². The van der Waals surface area contributed by atoms with Crippen LogP contribution in [0.5, 0.6) is 0 Å². The van der Waals surface area contributed by atoms with Crippen LogP contribution < -0.4 is 5.32 Å². The summed E-state index contributed by atoms with van der Waals surface area (Å²) in [4.78, 5) is 5.92. The zero-order valence-electron chi connectivity index (χ0n) is 12.9. The van der Waals surface area contributed by atoms with Gasteiger partial charge in [-0.2, -0.15) is 0 Å². The average molecular weight is 324 g/mol. The zero-order valence-corrected chi connectivity index (χ0v) is 13.7. The molecule has 3 nitrogen and oxygen atoms in total. The molecule has 0 radical (unpaired) electrons. The second-order valence-electron chi connectivity index (χ2n) is 6.09. The molecule has 23 heavy (non-hydrogen) atoms. The number of rotatable bonds is 3. The van der Waals surface area contributed by atoms with Gasteiger partial charge in [-0.25, -0.2) is 4.98 Å². The van der Waals surface area contributed by atoms with Crippen LogP contribution in [-0.2, 0) is 0 Å². The van der Waals surface area contributed by atoms with Crippen molar-refractivity contribution in [3.8, 4) is 10.6 Å². The first-order valence-corrected chi connectivity index (χ1v) is 9.06. The van der Waals surface area contributed by atoms with Crippen LogP contribution in [-0.4, -0.2) is 22.7 Å². The summed E-state index contributed by atoms with van der Waals surface area (Å²) < 4.78 is 0. The molecule has 2 aromatic heterocycles. The number of para-hydroxylation sites is 1. The Bertz CT molecular complexity index is 794. The first-order chi connectivity index (χ1) is 11.3. The van der Waals surface area contributed by atoms with Gasteiger partial charge in [0.25, 0.3) is 0 Å². The summed E-state index contributed by atoms with van der Waals surface area (Å²) in [5.74, 6) is 0. The van der Waals surface area contributed by atoms with Crippen LogP contribution in [0, 0.1) is 0 Å². The van der Waals surface area contributed by atoms with Crippen molar-refractivity contribution in [2.45, 2.75) is 31.4 Å². The molecule has 0 bridgehead atoms. The van der Waals surface area contributed by atoms with Crippen molar-refractivity contribution in [2.24, 2.45) is 0 Å². The molecule has 2 N–H and O–H groups in total. The zero-order chi connectivity index (χ0) is 15.6. The van der Waals surface area contributed by atoms with Crippen molar-refractivity contribution in [3.05, 3.63) is 53.4 Å². The number of fused-ring (bicyclic) bond motifs is 1. The first kappa shape index (κ1) is 14.8. The largest absolute Gasteiger partial charge is 0.387 e. The highest BCUT2D eigenvalue weighted by Crippen LogP contribution is 2.33. The standard InChI is InChI=1S/C19H20N2OS/c22-19(16-8-3-4-10-20-16)14-12-17(18-9-5-11-23-18)21-15-7-2-1-6-13(14)15/h1-2,5-7,9,11-12,16,19-20,22H,3-4,8,10H2. The van der Waals surface area contributed by atoms with Gasteiger partial charge in [0.05, 0.1) is 22.2 Å². The summed E-state index contributed by atoms with van der Waals surface area (Å²) >= 11 is 1.68. The van der Waals surface area contributed by atoms with Gasteiger partial charge in [-0.15, -0.1) is 11.3 Å². The Morgan fingerprint density at radius 2 is 2.09 bits per heavy atom. The first-order valence-electron chi connectivity index (χ1n) is 8.18. The Morgan fingerprint density at radius 3 is 2.87 bits per heavy atom. The minimum Gasteiger partial charge on any atom is -0.387 e. The summed E-state index contributed by atoms with van der Waals surface area (Å²) in [6, 6.07) is 14.4. The number of aliphatic hydroxyl groups is 1. The Morgan fingerprint density at radius 1 is 1.17 bits per heavy atom. The predicted molar refractivity (Wildman–Crippen MR) is 95.7 cm³/mol. The lowest BCUT2D eigenvalue weighted by molar-refractivity contribution is 0.115. The van der Waals surface area contributed by atoms with Gasteiger partial charge in [-0.05, 0) is 48.5 Å². The summed E-state index contributed by atoms with van der Waals surface area (Å²) in [5, 5.41) is 17.6. The van der Waals surface area contributed by atoms with E-state index in [4.69, 9.17) is 4.98 Å². The second-order valence-corrected chi connectivity index (χ2v) is 7.04. The van der Waals surface area contributed by atoms with E-state index < -0.39 is 6.10 Å². The van der Waals surface area contributed by atoms with Crippen molar-refractivity contribution in [1.29, 1.82) is 0 Å². The molecule has 1 aromatic carbocycles. The monoisotopic (exact) mass is 324 g/mol. The van der Waals surface area contributed by atoms with E-state index in [1.165, 1.54) is 12.8 Å². The van der Waals surface area contributed by atoms with E-state index in [1.807, 2.05) is 24.3 Å². The molecule has 4 rings (SSSR count). The predicted octanol–water partition coefficient (Wildman–Crippen LogP) is 4.14. The smallest absolute Gasteiger partial charge is 0.0950 e. The Kier molecular flexibility index (Phi) is 4.12. The molecule has 2 atom stereocenters. The molecule has 0 aliphatic carbocycles. The number of pyridine rings is 1. The lowest BCUT2D eigenvalue weighted by Crippen LogP contribution is -2.38. The minimum absolute atomic E-state index is 0.130. The number of nitrogens with one attached hydrogen (secondary N) is 1. The van der Waals surface area contributed by atoms with Crippen LogP contribution in [0.1, 0.15) is 30.9 Å². The third-order valence-corrected chi connectivity index (χ3v) is 5.46. The van der Waals surface area contributed by atoms with Crippen LogP contribution in [0.25, 0.3) is 21.5 Å². The van der Waals surface area contributed by atoms with Gasteiger partial charge in [-0.1, -0.05) is 30.7 Å². The van der Waals surface area contributed by atoms with Gasteiger partial charge < -0.3 is 10.4 Å². The van der Waals surface area contributed by atoms with Crippen molar-refractivity contribution >= 4 is 22.2 Å². The summed E-state index contributed by atoms with van der Waals surface area (Å²) in [6.45, 7) is 0.989. The average Bonchev–Trinajstić information content (AvgIpc) is 3.15. The number of piperidine rings is 1. The second kappa shape index (κ2) is 6.40. The maximum atomic E-state index is 11.0. The topological polar surface area (TPSA) is 45.2 Å². The number of thiophene rings is 1. The molecule has 0 amide bonds. The van der Waals surface area contributed by atoms with Gasteiger partial charge in [0.15, 0.2) is 0 Å². The fraction of sp³-hybridized carbons (Fsp3) is 0.316. The quantitative estimate of drug-likeness (QED) is 0.761. The SMILES string of the molecule is OC(c1cc(-c2cccs2)nc2ccccc12)C1CCCCN1. The fourth-order valence-corrected chi connectivity index (χ4v) is 4.05. The molecule has 0 saturated carbocycles. The van der Waals surface area contributed by atoms with E-state index in [9.17, 15) is 5.11 Å². The molecule has 3 aromatic rings. The number of aliphatic hydroxyl groups excluding tert-OH is 1. The van der Waals surface area contributed by atoms with Gasteiger partial charge in [0.2, 0.25) is 0 Å². The highest BCUT2D eigenvalue weighted by molar-refractivity contribution is 7.13. The third kappa shape index (κ3) is 2.90. The van der Waals surface area contributed by atoms with E-state index >= 15 is 0 Å². The fourth-order valence-electron chi connectivity index (χ4n) is 3.36. The van der Waals surface area contributed by atoms with E-state index in [1.54, 1.807) is 11.3 Å². The summed E-state index contributed by atoms with van der Waals surface area (Å²) in [5.41, 5.74) is 2.88. The normalized spacial score (nSPS) is 19.8. The molecule has 0 spiro atoms. The van der Waals surface area contributed by atoms with E-state index in [0.29, 0.717) is 0 Å². The number of hydrogen-bond acceptors (Lipinski definition) is 4. The van der Waals surface area contributed by atoms with Crippen molar-refractivity contribution in [3.63, 3.8) is 0 Å². The molecule has 1 saturated heterocycles. The van der Waals surface area contributed by atoms with Crippen molar-refractivity contribution in [1.82, 2.24) is 10.3 Å². The number of nitrogens with zero attached hydrogens (tertiary/aromatic N) is 1. The molecular weight excluding hydrogens is 304 g/mol. The van der Waals surface area contributed by atoms with Gasteiger partial charge in [-0.3, -0.25) is 0 Å². The van der Waals surface area contributed by atoms with E-state index in [-0.39, 0.29) is 6.04 Å². The lowest BCUT2D eigenvalue weighted by Gasteiger charge is -2.29. The van der Waals surface area contributed by atoms with Crippen LogP contribution in [0.4, 0.5) is 0 Å². The maximum Gasteiger partial charge on any atom is 0.0950 e. The molecule has 1 aliphatic rings. The van der Waals surface area contributed by atoms with Crippen LogP contribution in [0.3, 0.4) is 0 Å². The lowest BCUT2D eigenvalue weighted by atomic mass is 9.92. The van der Waals surface area contributed by atoms with Gasteiger partial charge in [0.1, 0.15) is 0 Å². The van der Waals surface area contributed by atoms with E-state index in [2.05, 4.69) is 28.9 Å². The van der Waals surface area contributed by atoms with Crippen LogP contribution >= 0.6 is 11.3 Å². The number of aromatic nitrogens is 1. The Balaban J connectivity index is 1.83. The minimum atomic E-state index is -0.498. The molecule has 1 aliphatic heterocycles. The number of hydrogen-bond donors (Lipinski definition) is 2. The third-order valence-electron chi connectivity index (χ3n) is 4.57. The number of benzene rings is 1. The highest BCUT2D eigenvalue weighted by atomic mass is 32.1. The maximum absolute atomic E-state index is 11.0. The van der Waals surface area contributed by atoms with Crippen molar-refractivity contribution < 1.29 is 5.11 Å². The molecule has 2 unspecified atom stereocenters. The molecule has 4 heteroatoms. The summed E-state index contributed by atoms with van der Waals surface area (Å²) in [7, 11) is 0. The van der Waals surface area contributed by atoms with Gasteiger partial charge >= 0.3 is 0 Å². The van der Waals surface area contributed by atoms with Crippen LogP contribution in [0.15, 0.2) is 47.8 Å². The summed E-state index contributed by atoms with van der Waals surface area (Å²) in [6.07, 6.45) is 2.89. The Hall–Kier alpha value is -1.75. The molecule has 118 valence electrons. The molecular formula is C19H20N2OS. The van der Waals surface area contributed by atoms with E-state index in [0.717, 1.165) is 40.0 Å². The van der Waals surface area contributed by atoms with Crippen LogP contribution in [0.2, 0.25) is 0 Å². The van der Waals surface area contributed by atoms with Crippen molar-refractivity contribution in [2.75, 3.05) is 6.54 Å².